The van der Waals surface area contributed by atoms with E-state index < -0.39 is 21.4 Å². The normalized spacial score (nSPS) is 12.0. The van der Waals surface area contributed by atoms with E-state index in [0.717, 1.165) is 17.7 Å². The van der Waals surface area contributed by atoms with Crippen molar-refractivity contribution < 1.29 is 30.5 Å². The van der Waals surface area contributed by atoms with Gasteiger partial charge in [-0.15, -0.1) is 0 Å². The van der Waals surface area contributed by atoms with E-state index in [-0.39, 0.29) is 0 Å². The molecule has 0 aliphatic carbocycles. The van der Waals surface area contributed by atoms with E-state index in [4.69, 9.17) is 4.74 Å². The summed E-state index contributed by atoms with van der Waals surface area (Å²) >= 11 is 0. The largest absolute Gasteiger partial charge is 0.534 e. The average Bonchev–Trinajstić information content (AvgIpc) is 2.47. The first kappa shape index (κ1) is 16.2. The Labute approximate surface area is 125 Å². The lowest BCUT2D eigenvalue weighted by Gasteiger charge is -2.10. The fraction of sp³-hybridized carbons (Fsp3) is 0.143. The second-order valence-electron chi connectivity index (χ2n) is 4.24. The fourth-order valence-corrected chi connectivity index (χ4v) is 2.12. The van der Waals surface area contributed by atoms with E-state index in [1.165, 1.54) is 19.2 Å². The van der Waals surface area contributed by atoms with Crippen LogP contribution in [-0.2, 0) is 10.1 Å². The van der Waals surface area contributed by atoms with Crippen LogP contribution < -0.4 is 8.92 Å². The maximum absolute atomic E-state index is 12.2. The van der Waals surface area contributed by atoms with Gasteiger partial charge in [0.2, 0.25) is 0 Å². The molecule has 22 heavy (non-hydrogen) atoms. The molecule has 0 aliphatic rings. The Morgan fingerprint density at radius 2 is 1.23 bits per heavy atom. The van der Waals surface area contributed by atoms with E-state index in [1.807, 2.05) is 0 Å². The summed E-state index contributed by atoms with van der Waals surface area (Å²) in [7, 11) is -4.12. The van der Waals surface area contributed by atoms with E-state index in [1.54, 1.807) is 24.3 Å². The Morgan fingerprint density at radius 3 is 1.59 bits per heavy atom. The molecule has 0 saturated carbocycles. The minimum Gasteiger partial charge on any atom is -0.497 e. The minimum absolute atomic E-state index is 0.408. The van der Waals surface area contributed by atoms with Crippen LogP contribution in [0.1, 0.15) is 0 Å². The molecule has 0 fully saturated rings. The van der Waals surface area contributed by atoms with Crippen molar-refractivity contribution in [2.45, 2.75) is 5.51 Å². The zero-order chi connectivity index (χ0) is 16.4. The Bertz CT molecular complexity index is 735. The van der Waals surface area contributed by atoms with Crippen LogP contribution in [0.15, 0.2) is 48.5 Å². The van der Waals surface area contributed by atoms with Gasteiger partial charge < -0.3 is 8.92 Å². The zero-order valence-electron chi connectivity index (χ0n) is 11.3. The van der Waals surface area contributed by atoms with Crippen LogP contribution in [0, 0.1) is 0 Å². The van der Waals surface area contributed by atoms with Crippen LogP contribution in [-0.4, -0.2) is 21.0 Å². The molecule has 0 radical (unpaired) electrons. The van der Waals surface area contributed by atoms with Gasteiger partial charge in [-0.25, -0.2) is 0 Å². The molecule has 0 spiro atoms. The summed E-state index contributed by atoms with van der Waals surface area (Å²) in [6.07, 6.45) is 0. The third kappa shape index (κ3) is 3.51. The van der Waals surface area contributed by atoms with Crippen molar-refractivity contribution in [1.82, 2.24) is 0 Å². The van der Waals surface area contributed by atoms with Crippen LogP contribution in [0.25, 0.3) is 11.1 Å². The van der Waals surface area contributed by atoms with E-state index in [2.05, 4.69) is 4.18 Å². The van der Waals surface area contributed by atoms with E-state index >= 15 is 0 Å². The molecule has 2 aromatic carbocycles. The van der Waals surface area contributed by atoms with Crippen molar-refractivity contribution in [3.8, 4) is 22.6 Å². The van der Waals surface area contributed by atoms with Gasteiger partial charge in [0.05, 0.1) is 7.11 Å². The first-order valence-electron chi connectivity index (χ1n) is 5.98. The molecule has 0 amide bonds. The number of hydrogen-bond donors (Lipinski definition) is 0. The van der Waals surface area contributed by atoms with Crippen LogP contribution in [0.3, 0.4) is 0 Å². The molecule has 0 N–H and O–H groups in total. The highest BCUT2D eigenvalue weighted by Crippen LogP contribution is 2.29. The van der Waals surface area contributed by atoms with Gasteiger partial charge in [0.1, 0.15) is 11.5 Å². The molecule has 0 aliphatic heterocycles. The molecule has 2 rings (SSSR count). The second kappa shape index (κ2) is 5.88. The lowest BCUT2D eigenvalue weighted by Crippen LogP contribution is -2.28. The summed E-state index contributed by atoms with van der Waals surface area (Å²) in [5.41, 5.74) is -3.97. The standard InChI is InChI=1S/C14H11F3O4S/c1-20-12-6-2-10(3-7-12)11-4-8-13(9-5-11)21-22(18,19)14(15,16)17/h2-9H,1H3. The SMILES string of the molecule is COc1ccc(-c2ccc(OS(=O)(=O)C(F)(F)F)cc2)cc1. The lowest BCUT2D eigenvalue weighted by molar-refractivity contribution is -0.0500. The zero-order valence-corrected chi connectivity index (χ0v) is 12.1. The third-order valence-corrected chi connectivity index (χ3v) is 3.75. The van der Waals surface area contributed by atoms with Crippen molar-refractivity contribution in [3.63, 3.8) is 0 Å². The summed E-state index contributed by atoms with van der Waals surface area (Å²) in [5, 5.41) is 0. The van der Waals surface area contributed by atoms with E-state index in [0.29, 0.717) is 11.3 Å². The predicted octanol–water partition coefficient (Wildman–Crippen LogP) is 3.59. The van der Waals surface area contributed by atoms with Gasteiger partial charge in [0, 0.05) is 0 Å². The molecule has 0 atom stereocenters. The summed E-state index contributed by atoms with van der Waals surface area (Å²) in [5.74, 6) is 0.259. The Hall–Kier alpha value is -2.22. The first-order chi connectivity index (χ1) is 10.2. The molecule has 0 bridgehead atoms. The number of halogens is 3. The molecule has 0 aromatic heterocycles. The summed E-state index contributed by atoms with van der Waals surface area (Å²) in [6, 6.07) is 12.2. The Kier molecular flexibility index (Phi) is 4.32. The molecule has 118 valence electrons. The maximum Gasteiger partial charge on any atom is 0.534 e. The van der Waals surface area contributed by atoms with Gasteiger partial charge in [0.15, 0.2) is 0 Å². The van der Waals surface area contributed by atoms with Crippen molar-refractivity contribution in [3.05, 3.63) is 48.5 Å². The number of ether oxygens (including phenoxy) is 1. The molecule has 0 heterocycles. The van der Waals surface area contributed by atoms with Crippen LogP contribution in [0.4, 0.5) is 13.2 Å². The van der Waals surface area contributed by atoms with Gasteiger partial charge in [-0.1, -0.05) is 24.3 Å². The number of alkyl halides is 3. The Morgan fingerprint density at radius 1 is 0.818 bits per heavy atom. The quantitative estimate of drug-likeness (QED) is 0.634. The molecule has 8 heteroatoms. The van der Waals surface area contributed by atoms with Crippen molar-refractivity contribution in [1.29, 1.82) is 0 Å². The minimum atomic E-state index is -5.65. The fourth-order valence-electron chi connectivity index (χ4n) is 1.66. The van der Waals surface area contributed by atoms with Gasteiger partial charge >= 0.3 is 15.6 Å². The number of rotatable bonds is 4. The number of hydrogen-bond acceptors (Lipinski definition) is 4. The summed E-state index contributed by atoms with van der Waals surface area (Å²) in [4.78, 5) is 0. The highest BCUT2D eigenvalue weighted by atomic mass is 32.2. The van der Waals surface area contributed by atoms with Gasteiger partial charge in [-0.05, 0) is 35.4 Å². The monoisotopic (exact) mass is 332 g/mol. The van der Waals surface area contributed by atoms with Crippen LogP contribution in [0.2, 0.25) is 0 Å². The summed E-state index contributed by atoms with van der Waals surface area (Å²) in [6.45, 7) is 0. The van der Waals surface area contributed by atoms with Crippen LogP contribution in [0.5, 0.6) is 11.5 Å². The second-order valence-corrected chi connectivity index (χ2v) is 5.77. The van der Waals surface area contributed by atoms with Crippen molar-refractivity contribution >= 4 is 10.1 Å². The molecular formula is C14H11F3O4S. The maximum atomic E-state index is 12.2. The highest BCUT2D eigenvalue weighted by Gasteiger charge is 2.48. The van der Waals surface area contributed by atoms with Gasteiger partial charge in [-0.3, -0.25) is 0 Å². The van der Waals surface area contributed by atoms with Crippen molar-refractivity contribution in [2.24, 2.45) is 0 Å². The first-order valence-corrected chi connectivity index (χ1v) is 7.39. The third-order valence-electron chi connectivity index (χ3n) is 2.77. The van der Waals surface area contributed by atoms with Crippen LogP contribution >= 0.6 is 0 Å². The lowest BCUT2D eigenvalue weighted by atomic mass is 10.1. The van der Waals surface area contributed by atoms with E-state index in [9.17, 15) is 21.6 Å². The summed E-state index contributed by atoms with van der Waals surface area (Å²) < 4.78 is 67.4. The average molecular weight is 332 g/mol. The number of methoxy groups -OCH3 is 1. The topological polar surface area (TPSA) is 52.6 Å². The Balaban J connectivity index is 2.20. The molecule has 2 aromatic rings. The number of benzene rings is 2. The smallest absolute Gasteiger partial charge is 0.497 e. The highest BCUT2D eigenvalue weighted by molar-refractivity contribution is 7.88. The van der Waals surface area contributed by atoms with Gasteiger partial charge in [-0.2, -0.15) is 21.6 Å². The van der Waals surface area contributed by atoms with Gasteiger partial charge in [0.25, 0.3) is 0 Å². The molecule has 0 saturated heterocycles. The molecule has 4 nitrogen and oxygen atoms in total. The molecule has 0 unspecified atom stereocenters. The van der Waals surface area contributed by atoms with Crippen molar-refractivity contribution in [2.75, 3.05) is 7.11 Å². The predicted molar refractivity (Wildman–Crippen MR) is 74.0 cm³/mol. The molecular weight excluding hydrogens is 321 g/mol.